The molecule has 27 heavy (non-hydrogen) atoms. The average molecular weight is 408 g/mol. The zero-order valence-electron chi connectivity index (χ0n) is 14.6. The van der Waals surface area contributed by atoms with Crippen molar-refractivity contribution in [3.8, 4) is 0 Å². The molecule has 0 aromatic carbocycles. The number of rotatable bonds is 13. The number of carboxylic acid groups (broad SMARTS) is 2. The summed E-state index contributed by atoms with van der Waals surface area (Å²) in [5.41, 5.74) is 5.13. The van der Waals surface area contributed by atoms with Crippen molar-refractivity contribution in [3.05, 3.63) is 0 Å². The Labute approximate surface area is 159 Å². The Morgan fingerprint density at radius 3 is 1.96 bits per heavy atom. The quantitative estimate of drug-likeness (QED) is 0.161. The van der Waals surface area contributed by atoms with Gasteiger partial charge >= 0.3 is 11.9 Å². The molecule has 0 aliphatic carbocycles. The molecule has 8 N–H and O–H groups in total. The van der Waals surface area contributed by atoms with Gasteiger partial charge in [0.1, 0.15) is 18.1 Å². The molecule has 0 aromatic heterocycles. The minimum absolute atomic E-state index is 0.112. The first-order valence-corrected chi connectivity index (χ1v) is 9.20. The van der Waals surface area contributed by atoms with E-state index in [0.29, 0.717) is 5.75 Å². The lowest BCUT2D eigenvalue weighted by atomic mass is 10.1. The van der Waals surface area contributed by atoms with Crippen LogP contribution in [0.3, 0.4) is 0 Å². The Morgan fingerprint density at radius 2 is 1.52 bits per heavy atom. The smallest absolute Gasteiger partial charge is 0.328 e. The minimum Gasteiger partial charge on any atom is -0.481 e. The van der Waals surface area contributed by atoms with Crippen LogP contribution < -0.4 is 21.7 Å². The lowest BCUT2D eigenvalue weighted by Crippen LogP contribution is -2.57. The number of carboxylic acids is 2. The number of amides is 3. The fourth-order valence-corrected chi connectivity index (χ4v) is 2.34. The van der Waals surface area contributed by atoms with Crippen molar-refractivity contribution >= 4 is 41.4 Å². The zero-order valence-corrected chi connectivity index (χ0v) is 15.5. The molecular formula is C14H24N4O8S. The summed E-state index contributed by atoms with van der Waals surface area (Å²) in [6.45, 7) is -1.31. The van der Waals surface area contributed by atoms with Gasteiger partial charge in [-0.3, -0.25) is 19.2 Å². The standard InChI is InChI=1S/C14H24N4O8S/c1-27-3-2-7(12(23)18-9(6-19)14(25)26)17-13(24)8(4-11(21)22)16-10(20)5-15/h7-9,19H,2-6,15H2,1H3,(H,16,20)(H,17,24)(H,18,23)(H,21,22)(H,25,26). The summed E-state index contributed by atoms with van der Waals surface area (Å²) < 4.78 is 0. The molecule has 3 unspecified atom stereocenters. The van der Waals surface area contributed by atoms with Gasteiger partial charge in [-0.2, -0.15) is 11.8 Å². The van der Waals surface area contributed by atoms with E-state index >= 15 is 0 Å². The summed E-state index contributed by atoms with van der Waals surface area (Å²) in [7, 11) is 0. The second-order valence-electron chi connectivity index (χ2n) is 5.35. The van der Waals surface area contributed by atoms with Gasteiger partial charge in [-0.25, -0.2) is 4.79 Å². The van der Waals surface area contributed by atoms with Crippen LogP contribution in [0.15, 0.2) is 0 Å². The molecule has 0 saturated heterocycles. The summed E-state index contributed by atoms with van der Waals surface area (Å²) in [5, 5.41) is 33.3. The largest absolute Gasteiger partial charge is 0.481 e. The molecule has 3 atom stereocenters. The molecule has 0 spiro atoms. The predicted octanol–water partition coefficient (Wildman–Crippen LogP) is -3.30. The van der Waals surface area contributed by atoms with Crippen molar-refractivity contribution in [2.75, 3.05) is 25.2 Å². The van der Waals surface area contributed by atoms with E-state index in [2.05, 4.69) is 16.0 Å². The maximum Gasteiger partial charge on any atom is 0.328 e. The number of thioether (sulfide) groups is 1. The first-order valence-electron chi connectivity index (χ1n) is 7.80. The van der Waals surface area contributed by atoms with Crippen molar-refractivity contribution < 1.29 is 39.3 Å². The van der Waals surface area contributed by atoms with Crippen LogP contribution in [0.25, 0.3) is 0 Å². The van der Waals surface area contributed by atoms with Crippen molar-refractivity contribution in [3.63, 3.8) is 0 Å². The van der Waals surface area contributed by atoms with Gasteiger partial charge in [0, 0.05) is 0 Å². The first kappa shape index (κ1) is 24.6. The van der Waals surface area contributed by atoms with Crippen molar-refractivity contribution in [2.24, 2.45) is 5.73 Å². The van der Waals surface area contributed by atoms with E-state index in [9.17, 15) is 24.0 Å². The molecule has 12 nitrogen and oxygen atoms in total. The second kappa shape index (κ2) is 12.9. The molecule has 0 saturated carbocycles. The Bertz CT molecular complexity index is 559. The van der Waals surface area contributed by atoms with E-state index in [1.54, 1.807) is 6.26 Å². The molecule has 154 valence electrons. The normalized spacial score (nSPS) is 13.7. The first-order chi connectivity index (χ1) is 12.7. The Hall–Kier alpha value is -2.38. The van der Waals surface area contributed by atoms with Crippen molar-refractivity contribution in [1.29, 1.82) is 0 Å². The van der Waals surface area contributed by atoms with Gasteiger partial charge in [0.2, 0.25) is 17.7 Å². The highest BCUT2D eigenvalue weighted by molar-refractivity contribution is 7.98. The van der Waals surface area contributed by atoms with E-state index in [0.717, 1.165) is 0 Å². The summed E-state index contributed by atoms with van der Waals surface area (Å²) >= 11 is 1.36. The summed E-state index contributed by atoms with van der Waals surface area (Å²) in [4.78, 5) is 57.8. The molecule has 0 rings (SSSR count). The van der Waals surface area contributed by atoms with Gasteiger partial charge in [-0.15, -0.1) is 0 Å². The van der Waals surface area contributed by atoms with Crippen LogP contribution in [0.1, 0.15) is 12.8 Å². The zero-order chi connectivity index (χ0) is 21.0. The van der Waals surface area contributed by atoms with Crippen LogP contribution in [0.4, 0.5) is 0 Å². The van der Waals surface area contributed by atoms with Crippen molar-refractivity contribution in [1.82, 2.24) is 16.0 Å². The van der Waals surface area contributed by atoms with E-state index in [-0.39, 0.29) is 6.42 Å². The van der Waals surface area contributed by atoms with Gasteiger partial charge < -0.3 is 37.0 Å². The van der Waals surface area contributed by atoms with Crippen LogP contribution in [-0.2, 0) is 24.0 Å². The maximum atomic E-state index is 12.3. The van der Waals surface area contributed by atoms with E-state index in [4.69, 9.17) is 21.1 Å². The lowest BCUT2D eigenvalue weighted by Gasteiger charge is -2.23. The SMILES string of the molecule is CSCCC(NC(=O)C(CC(=O)O)NC(=O)CN)C(=O)NC(CO)C(=O)O. The number of aliphatic hydroxyl groups is 1. The average Bonchev–Trinajstić information content (AvgIpc) is 2.61. The fraction of sp³-hybridized carbons (Fsp3) is 0.643. The number of hydrogen-bond acceptors (Lipinski definition) is 8. The number of carbonyl (C=O) groups is 5. The van der Waals surface area contributed by atoms with Gasteiger partial charge in [-0.1, -0.05) is 0 Å². The molecule has 0 aromatic rings. The molecule has 0 heterocycles. The minimum atomic E-state index is -1.56. The number of nitrogens with one attached hydrogen (secondary N) is 3. The van der Waals surface area contributed by atoms with E-state index < -0.39 is 67.4 Å². The monoisotopic (exact) mass is 408 g/mol. The second-order valence-corrected chi connectivity index (χ2v) is 6.33. The van der Waals surface area contributed by atoms with Crippen LogP contribution >= 0.6 is 11.8 Å². The highest BCUT2D eigenvalue weighted by Gasteiger charge is 2.30. The molecule has 0 aliphatic rings. The van der Waals surface area contributed by atoms with Crippen LogP contribution in [-0.4, -0.2) is 88.3 Å². The topological polar surface area (TPSA) is 208 Å². The van der Waals surface area contributed by atoms with Gasteiger partial charge in [0.15, 0.2) is 0 Å². The predicted molar refractivity (Wildman–Crippen MR) is 94.8 cm³/mol. The Balaban J connectivity index is 5.22. The Kier molecular flexibility index (Phi) is 11.8. The highest BCUT2D eigenvalue weighted by Crippen LogP contribution is 2.04. The van der Waals surface area contributed by atoms with E-state index in [1.807, 2.05) is 0 Å². The number of aliphatic carboxylic acids is 2. The Morgan fingerprint density at radius 1 is 0.963 bits per heavy atom. The maximum absolute atomic E-state index is 12.3. The van der Waals surface area contributed by atoms with Crippen LogP contribution in [0, 0.1) is 0 Å². The number of aliphatic hydroxyl groups excluding tert-OH is 1. The molecular weight excluding hydrogens is 384 g/mol. The molecule has 0 fully saturated rings. The third kappa shape index (κ3) is 9.77. The van der Waals surface area contributed by atoms with Gasteiger partial charge in [0.05, 0.1) is 19.6 Å². The van der Waals surface area contributed by atoms with E-state index in [1.165, 1.54) is 11.8 Å². The summed E-state index contributed by atoms with van der Waals surface area (Å²) in [6, 6.07) is -4.21. The van der Waals surface area contributed by atoms with Crippen LogP contribution in [0.5, 0.6) is 0 Å². The third-order valence-corrected chi connectivity index (χ3v) is 3.90. The highest BCUT2D eigenvalue weighted by atomic mass is 32.2. The van der Waals surface area contributed by atoms with Crippen LogP contribution in [0.2, 0.25) is 0 Å². The lowest BCUT2D eigenvalue weighted by molar-refractivity contribution is -0.144. The molecule has 3 amide bonds. The number of carbonyl (C=O) groups excluding carboxylic acids is 3. The molecule has 0 radical (unpaired) electrons. The molecule has 13 heteroatoms. The molecule has 0 bridgehead atoms. The third-order valence-electron chi connectivity index (χ3n) is 3.26. The summed E-state index contributed by atoms with van der Waals surface area (Å²) in [6.07, 6.45) is 1.13. The molecule has 0 aliphatic heterocycles. The summed E-state index contributed by atoms with van der Waals surface area (Å²) in [5.74, 6) is -4.95. The fourth-order valence-electron chi connectivity index (χ4n) is 1.87. The van der Waals surface area contributed by atoms with Gasteiger partial charge in [0.25, 0.3) is 0 Å². The van der Waals surface area contributed by atoms with Crippen molar-refractivity contribution in [2.45, 2.75) is 31.0 Å². The van der Waals surface area contributed by atoms with Gasteiger partial charge in [-0.05, 0) is 18.4 Å². The number of nitrogens with two attached hydrogens (primary N) is 1. The number of hydrogen-bond donors (Lipinski definition) is 7.